The van der Waals surface area contributed by atoms with Crippen LogP contribution in [0.2, 0.25) is 0 Å². The molecule has 0 rings (SSSR count). The zero-order chi connectivity index (χ0) is 11.2. The number of hydrogen-bond donors (Lipinski definition) is 2. The van der Waals surface area contributed by atoms with Gasteiger partial charge in [-0.3, -0.25) is 0 Å². The summed E-state index contributed by atoms with van der Waals surface area (Å²) in [6, 6.07) is 0. The lowest BCUT2D eigenvalue weighted by Gasteiger charge is -2.00. The second-order valence-corrected chi connectivity index (χ2v) is 2.63. The van der Waals surface area contributed by atoms with Gasteiger partial charge in [0, 0.05) is 0 Å². The van der Waals surface area contributed by atoms with Crippen molar-refractivity contribution in [3.63, 3.8) is 0 Å². The van der Waals surface area contributed by atoms with Crippen LogP contribution in [0.25, 0.3) is 0 Å². The van der Waals surface area contributed by atoms with Gasteiger partial charge in [0.25, 0.3) is 0 Å². The molecule has 0 saturated carbocycles. The Labute approximate surface area is 84.6 Å². The molecule has 0 atom stereocenters. The molecule has 14 heavy (non-hydrogen) atoms. The predicted octanol–water partition coefficient (Wildman–Crippen LogP) is 2.76. The van der Waals surface area contributed by atoms with Gasteiger partial charge < -0.3 is 10.2 Å². The highest BCUT2D eigenvalue weighted by Gasteiger charge is 1.86. The lowest BCUT2D eigenvalue weighted by molar-refractivity contribution is -0.295. The molecule has 0 unspecified atom stereocenters. The van der Waals surface area contributed by atoms with Crippen molar-refractivity contribution in [2.75, 3.05) is 13.2 Å². The first kappa shape index (κ1) is 15.7. The van der Waals surface area contributed by atoms with E-state index in [4.69, 9.17) is 24.8 Å². The van der Waals surface area contributed by atoms with E-state index in [2.05, 4.69) is 13.8 Å². The molecule has 5 heteroatoms. The van der Waals surface area contributed by atoms with Crippen LogP contribution in [-0.2, 0) is 9.78 Å². The van der Waals surface area contributed by atoms with E-state index in [1.165, 1.54) is 0 Å². The predicted molar refractivity (Wildman–Crippen MR) is 52.4 cm³/mol. The molecule has 2 N–H and O–H groups in total. The smallest absolute Gasteiger partial charge is 0.450 e. The summed E-state index contributed by atoms with van der Waals surface area (Å²) < 4.78 is 0. The Kier molecular flexibility index (Phi) is 16.4. The highest BCUT2D eigenvalue weighted by Crippen LogP contribution is 1.91. The maximum Gasteiger partial charge on any atom is 0.503 e. The van der Waals surface area contributed by atoms with Crippen LogP contribution in [0.4, 0.5) is 4.79 Å². The van der Waals surface area contributed by atoms with Gasteiger partial charge in [0.15, 0.2) is 0 Å². The highest BCUT2D eigenvalue weighted by atomic mass is 17.2. The fraction of sp³-hybridized carbons (Fsp3) is 0.889. The lowest BCUT2D eigenvalue weighted by atomic mass is 10.4. The molecule has 0 saturated heterocycles. The van der Waals surface area contributed by atoms with Crippen molar-refractivity contribution >= 4 is 6.16 Å². The minimum atomic E-state index is -1.83. The van der Waals surface area contributed by atoms with Gasteiger partial charge in [-0.15, -0.1) is 0 Å². The Morgan fingerprint density at radius 2 is 1.29 bits per heavy atom. The second kappa shape index (κ2) is 14.7. The second-order valence-electron chi connectivity index (χ2n) is 2.63. The van der Waals surface area contributed by atoms with Crippen molar-refractivity contribution in [1.29, 1.82) is 0 Å². The van der Waals surface area contributed by atoms with E-state index in [9.17, 15) is 0 Å². The molecular formula is C9H20O5. The van der Waals surface area contributed by atoms with Crippen molar-refractivity contribution < 1.29 is 24.8 Å². The molecule has 0 aromatic heterocycles. The van der Waals surface area contributed by atoms with Gasteiger partial charge in [0.05, 0.1) is 13.2 Å². The summed E-state index contributed by atoms with van der Waals surface area (Å²) in [5, 5.41) is 13.9. The maximum atomic E-state index is 8.56. The fourth-order valence-electron chi connectivity index (χ4n) is 0.524. The average Bonchev–Trinajstić information content (AvgIpc) is 2.10. The van der Waals surface area contributed by atoms with E-state index in [-0.39, 0.29) is 0 Å². The van der Waals surface area contributed by atoms with Crippen LogP contribution in [0, 0.1) is 0 Å². The summed E-state index contributed by atoms with van der Waals surface area (Å²) in [7, 11) is 0. The number of carboxylic acid groups (broad SMARTS) is 2. The average molecular weight is 208 g/mol. The van der Waals surface area contributed by atoms with Gasteiger partial charge in [0.1, 0.15) is 0 Å². The Bertz CT molecular complexity index is 104. The standard InChI is InChI=1S/C8H18O2.CH2O3/c1-3-5-7-9-10-8-6-4-2;2-1(3)4/h3-8H2,1-2H3;(H2,2,3,4). The topological polar surface area (TPSA) is 76.0 Å². The monoisotopic (exact) mass is 208 g/mol. The third kappa shape index (κ3) is 30.3. The summed E-state index contributed by atoms with van der Waals surface area (Å²) >= 11 is 0. The van der Waals surface area contributed by atoms with E-state index in [0.717, 1.165) is 38.9 Å². The van der Waals surface area contributed by atoms with Crippen LogP contribution in [0.3, 0.4) is 0 Å². The Balaban J connectivity index is 0. The van der Waals surface area contributed by atoms with Crippen LogP contribution in [-0.4, -0.2) is 29.6 Å². The van der Waals surface area contributed by atoms with Crippen molar-refractivity contribution in [3.05, 3.63) is 0 Å². The van der Waals surface area contributed by atoms with Crippen LogP contribution >= 0.6 is 0 Å². The van der Waals surface area contributed by atoms with Gasteiger partial charge >= 0.3 is 6.16 Å². The Morgan fingerprint density at radius 1 is 1.00 bits per heavy atom. The Morgan fingerprint density at radius 3 is 1.50 bits per heavy atom. The van der Waals surface area contributed by atoms with E-state index >= 15 is 0 Å². The molecule has 0 aliphatic heterocycles. The molecule has 86 valence electrons. The van der Waals surface area contributed by atoms with E-state index < -0.39 is 6.16 Å². The fourth-order valence-corrected chi connectivity index (χ4v) is 0.524. The van der Waals surface area contributed by atoms with Crippen LogP contribution in [0.5, 0.6) is 0 Å². The zero-order valence-corrected chi connectivity index (χ0v) is 8.86. The molecular weight excluding hydrogens is 188 g/mol. The van der Waals surface area contributed by atoms with Crippen LogP contribution in [0.15, 0.2) is 0 Å². The molecule has 0 aliphatic carbocycles. The van der Waals surface area contributed by atoms with Crippen LogP contribution < -0.4 is 0 Å². The highest BCUT2D eigenvalue weighted by molar-refractivity contribution is 5.53. The molecule has 0 heterocycles. The van der Waals surface area contributed by atoms with Gasteiger partial charge in [-0.2, -0.15) is 0 Å². The number of hydrogen-bond acceptors (Lipinski definition) is 3. The number of rotatable bonds is 7. The molecule has 0 amide bonds. The first-order chi connectivity index (χ1) is 6.65. The van der Waals surface area contributed by atoms with Gasteiger partial charge in [-0.25, -0.2) is 14.6 Å². The van der Waals surface area contributed by atoms with E-state index in [1.807, 2.05) is 0 Å². The maximum absolute atomic E-state index is 8.56. The zero-order valence-electron chi connectivity index (χ0n) is 8.86. The van der Waals surface area contributed by atoms with Crippen molar-refractivity contribution in [2.24, 2.45) is 0 Å². The molecule has 0 spiro atoms. The molecule has 0 aromatic carbocycles. The largest absolute Gasteiger partial charge is 0.503 e. The molecule has 0 radical (unpaired) electrons. The third-order valence-electron chi connectivity index (χ3n) is 1.25. The normalized spacial score (nSPS) is 9.00. The van der Waals surface area contributed by atoms with Crippen LogP contribution in [0.1, 0.15) is 39.5 Å². The van der Waals surface area contributed by atoms with Crippen molar-refractivity contribution in [2.45, 2.75) is 39.5 Å². The molecule has 0 aromatic rings. The van der Waals surface area contributed by atoms with Crippen molar-refractivity contribution in [1.82, 2.24) is 0 Å². The van der Waals surface area contributed by atoms with E-state index in [1.54, 1.807) is 0 Å². The molecule has 0 fully saturated rings. The minimum absolute atomic E-state index is 0.736. The SMILES string of the molecule is CCCCOOCCCC.O=C(O)O. The van der Waals surface area contributed by atoms with Gasteiger partial charge in [-0.05, 0) is 12.8 Å². The first-order valence-electron chi connectivity index (χ1n) is 4.81. The minimum Gasteiger partial charge on any atom is -0.450 e. The summed E-state index contributed by atoms with van der Waals surface area (Å²) in [6.07, 6.45) is 2.67. The summed E-state index contributed by atoms with van der Waals surface area (Å²) in [5.41, 5.74) is 0. The Hall–Kier alpha value is -0.810. The van der Waals surface area contributed by atoms with E-state index in [0.29, 0.717) is 0 Å². The van der Waals surface area contributed by atoms with Gasteiger partial charge in [0.2, 0.25) is 0 Å². The quantitative estimate of drug-likeness (QED) is 0.382. The third-order valence-corrected chi connectivity index (χ3v) is 1.25. The van der Waals surface area contributed by atoms with Crippen molar-refractivity contribution in [3.8, 4) is 0 Å². The summed E-state index contributed by atoms with van der Waals surface area (Å²) in [5.74, 6) is 0. The lowest BCUT2D eigenvalue weighted by Crippen LogP contribution is -1.97. The molecule has 0 bridgehead atoms. The number of carbonyl (C=O) groups is 1. The first-order valence-corrected chi connectivity index (χ1v) is 4.81. The van der Waals surface area contributed by atoms with Gasteiger partial charge in [-0.1, -0.05) is 26.7 Å². The molecule has 5 nitrogen and oxygen atoms in total. The summed E-state index contributed by atoms with van der Waals surface area (Å²) in [6.45, 7) is 5.74. The summed E-state index contributed by atoms with van der Waals surface area (Å²) in [4.78, 5) is 18.3. The number of unbranched alkanes of at least 4 members (excludes halogenated alkanes) is 2. The molecule has 0 aliphatic rings.